The molecular weight excluding hydrogens is 526 g/mol. The maximum atomic E-state index is 13.2. The van der Waals surface area contributed by atoms with Crippen LogP contribution in [0.2, 0.25) is 5.02 Å². The van der Waals surface area contributed by atoms with Crippen LogP contribution in [0.3, 0.4) is 0 Å². The Balaban J connectivity index is 1.72. The second kappa shape index (κ2) is 8.37. The van der Waals surface area contributed by atoms with Crippen molar-refractivity contribution in [1.82, 2.24) is 9.97 Å². The zero-order chi connectivity index (χ0) is 23.3. The van der Waals surface area contributed by atoms with Crippen molar-refractivity contribution in [2.75, 3.05) is 4.90 Å². The second-order valence-electron chi connectivity index (χ2n) is 7.50. The quantitative estimate of drug-likeness (QED) is 0.195. The van der Waals surface area contributed by atoms with Gasteiger partial charge in [0.1, 0.15) is 11.8 Å². The number of rotatable bonds is 3. The minimum Gasteiger partial charge on any atom is -0.507 e. The van der Waals surface area contributed by atoms with Gasteiger partial charge in [0.05, 0.1) is 21.5 Å². The first-order chi connectivity index (χ1) is 15.8. The van der Waals surface area contributed by atoms with Crippen molar-refractivity contribution >= 4 is 71.7 Å². The topological polar surface area (TPSA) is 83.4 Å². The third-order valence-corrected chi connectivity index (χ3v) is 7.35. The molecule has 6 nitrogen and oxygen atoms in total. The standard InChI is InChI=1S/C24H15BrClN3O3S/c1-12-10-18-17(11-15(12)26)28-24(33-18)29-20(16-4-2-3-9-27-16)19(22(31)23(29)32)21(30)13-5-7-14(25)8-6-13/h2-11,20,30H,1H3/b21-19+. The Hall–Kier alpha value is -3.07. The number of aliphatic hydroxyl groups is 1. The highest BCUT2D eigenvalue weighted by atomic mass is 79.9. The fourth-order valence-electron chi connectivity index (χ4n) is 3.75. The third kappa shape index (κ3) is 3.74. The number of hydrogen-bond donors (Lipinski definition) is 1. The van der Waals surface area contributed by atoms with Gasteiger partial charge in [-0.3, -0.25) is 19.5 Å². The number of pyridine rings is 1. The molecule has 1 aliphatic heterocycles. The lowest BCUT2D eigenvalue weighted by molar-refractivity contribution is -0.132. The van der Waals surface area contributed by atoms with Crippen molar-refractivity contribution in [3.8, 4) is 0 Å². The number of aryl methyl sites for hydroxylation is 1. The summed E-state index contributed by atoms with van der Waals surface area (Å²) in [6, 6.07) is 14.8. The van der Waals surface area contributed by atoms with Crippen molar-refractivity contribution in [2.24, 2.45) is 0 Å². The SMILES string of the molecule is Cc1cc2sc(N3C(=O)C(=O)/C(=C(/O)c4ccc(Br)cc4)C3c3ccccn3)nc2cc1Cl. The van der Waals surface area contributed by atoms with Gasteiger partial charge in [-0.1, -0.05) is 57.1 Å². The van der Waals surface area contributed by atoms with Gasteiger partial charge in [0.25, 0.3) is 5.78 Å². The van der Waals surface area contributed by atoms with Gasteiger partial charge in [-0.15, -0.1) is 0 Å². The van der Waals surface area contributed by atoms with Crippen LogP contribution >= 0.6 is 38.9 Å². The summed E-state index contributed by atoms with van der Waals surface area (Å²) in [5, 5.41) is 12.0. The van der Waals surface area contributed by atoms with E-state index >= 15 is 0 Å². The molecule has 0 saturated carbocycles. The van der Waals surface area contributed by atoms with Crippen LogP contribution in [0.5, 0.6) is 0 Å². The van der Waals surface area contributed by atoms with Crippen LogP contribution in [0.4, 0.5) is 5.13 Å². The molecule has 0 bridgehead atoms. The first-order valence-corrected chi connectivity index (χ1v) is 11.9. The fourth-order valence-corrected chi connectivity index (χ4v) is 5.25. The molecule has 9 heteroatoms. The predicted octanol–water partition coefficient (Wildman–Crippen LogP) is 6.04. The Bertz CT molecular complexity index is 1410. The number of anilines is 1. The Labute approximate surface area is 206 Å². The number of amides is 1. The van der Waals surface area contributed by atoms with Gasteiger partial charge in [-0.05, 0) is 48.9 Å². The maximum Gasteiger partial charge on any atom is 0.301 e. The van der Waals surface area contributed by atoms with E-state index in [1.165, 1.54) is 16.2 Å². The van der Waals surface area contributed by atoms with Gasteiger partial charge in [-0.25, -0.2) is 4.98 Å². The summed E-state index contributed by atoms with van der Waals surface area (Å²) >= 11 is 10.9. The van der Waals surface area contributed by atoms with Gasteiger partial charge in [0.15, 0.2) is 5.13 Å². The molecule has 1 atom stereocenters. The summed E-state index contributed by atoms with van der Waals surface area (Å²) < 4.78 is 1.66. The average Bonchev–Trinajstić information content (AvgIpc) is 3.32. The highest BCUT2D eigenvalue weighted by molar-refractivity contribution is 9.10. The normalized spacial score (nSPS) is 17.8. The lowest BCUT2D eigenvalue weighted by Crippen LogP contribution is -2.29. The molecule has 0 radical (unpaired) electrons. The van der Waals surface area contributed by atoms with Crippen LogP contribution < -0.4 is 4.90 Å². The monoisotopic (exact) mass is 539 g/mol. The summed E-state index contributed by atoms with van der Waals surface area (Å²) in [5.74, 6) is -1.83. The Kier molecular flexibility index (Phi) is 5.52. The number of ketones is 1. The first kappa shape index (κ1) is 21.8. The molecule has 1 N–H and O–H groups in total. The largest absolute Gasteiger partial charge is 0.507 e. The van der Waals surface area contributed by atoms with E-state index in [4.69, 9.17) is 11.6 Å². The van der Waals surface area contributed by atoms with E-state index in [9.17, 15) is 14.7 Å². The van der Waals surface area contributed by atoms with Crippen molar-refractivity contribution < 1.29 is 14.7 Å². The van der Waals surface area contributed by atoms with Gasteiger partial charge in [0.2, 0.25) is 0 Å². The molecular formula is C24H15BrClN3O3S. The maximum absolute atomic E-state index is 13.2. The van der Waals surface area contributed by atoms with Gasteiger partial charge < -0.3 is 5.11 Å². The summed E-state index contributed by atoms with van der Waals surface area (Å²) in [6.45, 7) is 1.89. The van der Waals surface area contributed by atoms with Crippen LogP contribution in [0, 0.1) is 6.92 Å². The molecule has 1 aliphatic rings. The highest BCUT2D eigenvalue weighted by Gasteiger charge is 2.48. The summed E-state index contributed by atoms with van der Waals surface area (Å²) in [5.41, 5.74) is 2.35. The van der Waals surface area contributed by atoms with Crippen molar-refractivity contribution in [3.05, 3.63) is 92.7 Å². The molecule has 0 aliphatic carbocycles. The van der Waals surface area contributed by atoms with Crippen LogP contribution in [0.1, 0.15) is 22.9 Å². The number of aromatic nitrogens is 2. The van der Waals surface area contributed by atoms with Crippen LogP contribution in [0.25, 0.3) is 16.0 Å². The molecule has 0 spiro atoms. The number of Topliss-reactive ketones (excluding diaryl/α,β-unsaturated/α-hetero) is 1. The zero-order valence-corrected chi connectivity index (χ0v) is 20.3. The molecule has 3 heterocycles. The van der Waals surface area contributed by atoms with Crippen LogP contribution in [-0.2, 0) is 9.59 Å². The van der Waals surface area contributed by atoms with Crippen LogP contribution in [0.15, 0.2) is 70.8 Å². The second-order valence-corrected chi connectivity index (χ2v) is 9.83. The molecule has 1 unspecified atom stereocenters. The lowest BCUT2D eigenvalue weighted by atomic mass is 9.98. The number of nitrogens with zero attached hydrogens (tertiary/aromatic N) is 3. The minimum absolute atomic E-state index is 0.0329. The van der Waals surface area contributed by atoms with Gasteiger partial charge in [0, 0.05) is 21.3 Å². The first-order valence-electron chi connectivity index (χ1n) is 9.89. The van der Waals surface area contributed by atoms with E-state index in [1.54, 1.807) is 54.7 Å². The van der Waals surface area contributed by atoms with Crippen molar-refractivity contribution in [2.45, 2.75) is 13.0 Å². The van der Waals surface area contributed by atoms with E-state index in [0.717, 1.165) is 14.7 Å². The summed E-state index contributed by atoms with van der Waals surface area (Å²) in [4.78, 5) is 36.7. The number of carbonyl (C=O) groups is 2. The number of aliphatic hydroxyl groups excluding tert-OH is 1. The molecule has 164 valence electrons. The Morgan fingerprint density at radius 3 is 2.61 bits per heavy atom. The number of hydrogen-bond acceptors (Lipinski definition) is 6. The number of fused-ring (bicyclic) bond motifs is 1. The van der Waals surface area contributed by atoms with Crippen molar-refractivity contribution in [1.29, 1.82) is 0 Å². The minimum atomic E-state index is -0.924. The predicted molar refractivity (Wildman–Crippen MR) is 133 cm³/mol. The molecule has 1 fully saturated rings. The molecule has 33 heavy (non-hydrogen) atoms. The van der Waals surface area contributed by atoms with E-state index in [0.29, 0.717) is 26.9 Å². The summed E-state index contributed by atoms with van der Waals surface area (Å²) in [6.07, 6.45) is 1.58. The van der Waals surface area contributed by atoms with Crippen LogP contribution in [-0.4, -0.2) is 26.8 Å². The van der Waals surface area contributed by atoms with E-state index in [-0.39, 0.29) is 11.3 Å². The van der Waals surface area contributed by atoms with E-state index in [1.807, 2.05) is 13.0 Å². The van der Waals surface area contributed by atoms with E-state index in [2.05, 4.69) is 25.9 Å². The molecule has 1 amide bonds. The number of halogens is 2. The van der Waals surface area contributed by atoms with Gasteiger partial charge >= 0.3 is 5.91 Å². The molecule has 1 saturated heterocycles. The highest BCUT2D eigenvalue weighted by Crippen LogP contribution is 2.44. The molecule has 2 aromatic heterocycles. The summed E-state index contributed by atoms with van der Waals surface area (Å²) in [7, 11) is 0. The number of thiazole rings is 1. The number of benzene rings is 2. The van der Waals surface area contributed by atoms with Gasteiger partial charge in [-0.2, -0.15) is 0 Å². The fraction of sp³-hybridized carbons (Fsp3) is 0.0833. The molecule has 5 rings (SSSR count). The van der Waals surface area contributed by atoms with E-state index < -0.39 is 17.7 Å². The Morgan fingerprint density at radius 1 is 1.15 bits per heavy atom. The zero-order valence-electron chi connectivity index (χ0n) is 17.1. The van der Waals surface area contributed by atoms with Crippen molar-refractivity contribution in [3.63, 3.8) is 0 Å². The third-order valence-electron chi connectivity index (χ3n) is 5.39. The smallest absolute Gasteiger partial charge is 0.301 e. The Morgan fingerprint density at radius 2 is 1.91 bits per heavy atom. The molecule has 2 aromatic carbocycles. The lowest BCUT2D eigenvalue weighted by Gasteiger charge is -2.21. The molecule has 4 aromatic rings. The average molecular weight is 541 g/mol. The number of carbonyl (C=O) groups excluding carboxylic acids is 2.